The Bertz CT molecular complexity index is 708. The number of ether oxygens (including phenoxy) is 1. The van der Waals surface area contributed by atoms with Gasteiger partial charge in [-0.15, -0.1) is 0 Å². The predicted molar refractivity (Wildman–Crippen MR) is 96.3 cm³/mol. The highest BCUT2D eigenvalue weighted by Gasteiger charge is 2.25. The number of amides is 1. The smallest absolute Gasteiger partial charge is 0.237 e. The molecule has 6 nitrogen and oxygen atoms in total. The lowest BCUT2D eigenvalue weighted by Gasteiger charge is -2.34. The van der Waals surface area contributed by atoms with E-state index in [0.717, 1.165) is 30.2 Å². The van der Waals surface area contributed by atoms with Crippen LogP contribution in [0.4, 0.5) is 0 Å². The summed E-state index contributed by atoms with van der Waals surface area (Å²) >= 11 is 0. The molecule has 0 N–H and O–H groups in total. The molecular formula is C19H26N4O2. The van der Waals surface area contributed by atoms with Crippen molar-refractivity contribution in [3.63, 3.8) is 0 Å². The standard InChI is InChI=1S/C19H26N4O2/c1-15(2)23-9-8-20-18(23)13-21-10-11-22(19(24)14-21)12-16-4-6-17(25-3)7-5-16/h4-9,15H,10-14H2,1-3H3. The Morgan fingerprint density at radius 3 is 2.56 bits per heavy atom. The highest BCUT2D eigenvalue weighted by Crippen LogP contribution is 2.16. The summed E-state index contributed by atoms with van der Waals surface area (Å²) in [6.45, 7) is 7.71. The van der Waals surface area contributed by atoms with Crippen molar-refractivity contribution in [2.75, 3.05) is 26.7 Å². The van der Waals surface area contributed by atoms with Crippen LogP contribution in [0.25, 0.3) is 0 Å². The highest BCUT2D eigenvalue weighted by atomic mass is 16.5. The summed E-state index contributed by atoms with van der Waals surface area (Å²) in [6.07, 6.45) is 3.83. The van der Waals surface area contributed by atoms with Crippen LogP contribution in [-0.4, -0.2) is 52.0 Å². The maximum Gasteiger partial charge on any atom is 0.237 e. The van der Waals surface area contributed by atoms with Crippen LogP contribution in [0.3, 0.4) is 0 Å². The third kappa shape index (κ3) is 4.20. The highest BCUT2D eigenvalue weighted by molar-refractivity contribution is 5.79. The number of aromatic nitrogens is 2. The number of benzene rings is 1. The van der Waals surface area contributed by atoms with E-state index in [1.807, 2.05) is 41.6 Å². The van der Waals surface area contributed by atoms with Gasteiger partial charge in [0.2, 0.25) is 5.91 Å². The Balaban J connectivity index is 1.56. The largest absolute Gasteiger partial charge is 0.497 e. The van der Waals surface area contributed by atoms with Crippen LogP contribution in [0.5, 0.6) is 5.75 Å². The Morgan fingerprint density at radius 1 is 1.16 bits per heavy atom. The summed E-state index contributed by atoms with van der Waals surface area (Å²) in [5.41, 5.74) is 1.12. The minimum Gasteiger partial charge on any atom is -0.497 e. The van der Waals surface area contributed by atoms with Gasteiger partial charge in [0.15, 0.2) is 0 Å². The van der Waals surface area contributed by atoms with Gasteiger partial charge in [0.05, 0.1) is 20.2 Å². The molecule has 25 heavy (non-hydrogen) atoms. The van der Waals surface area contributed by atoms with Crippen molar-refractivity contribution in [1.82, 2.24) is 19.4 Å². The van der Waals surface area contributed by atoms with Crippen molar-refractivity contribution < 1.29 is 9.53 Å². The Labute approximate surface area is 149 Å². The van der Waals surface area contributed by atoms with E-state index in [4.69, 9.17) is 4.74 Å². The molecule has 134 valence electrons. The van der Waals surface area contributed by atoms with Crippen molar-refractivity contribution in [3.8, 4) is 5.75 Å². The van der Waals surface area contributed by atoms with Crippen molar-refractivity contribution in [3.05, 3.63) is 48.0 Å². The fourth-order valence-electron chi connectivity index (χ4n) is 3.15. The molecule has 6 heteroatoms. The quantitative estimate of drug-likeness (QED) is 0.808. The van der Waals surface area contributed by atoms with Crippen molar-refractivity contribution in [2.24, 2.45) is 0 Å². The average molecular weight is 342 g/mol. The Morgan fingerprint density at radius 2 is 1.92 bits per heavy atom. The van der Waals surface area contributed by atoms with Crippen molar-refractivity contribution >= 4 is 5.91 Å². The predicted octanol–water partition coefficient (Wildman–Crippen LogP) is 2.32. The number of piperazine rings is 1. The van der Waals surface area contributed by atoms with Gasteiger partial charge in [0.25, 0.3) is 0 Å². The molecule has 0 radical (unpaired) electrons. The van der Waals surface area contributed by atoms with E-state index in [0.29, 0.717) is 25.7 Å². The summed E-state index contributed by atoms with van der Waals surface area (Å²) in [7, 11) is 1.66. The van der Waals surface area contributed by atoms with Gasteiger partial charge >= 0.3 is 0 Å². The molecule has 0 atom stereocenters. The van der Waals surface area contributed by atoms with E-state index >= 15 is 0 Å². The molecular weight excluding hydrogens is 316 g/mol. The van der Waals surface area contributed by atoms with E-state index in [1.165, 1.54) is 0 Å². The van der Waals surface area contributed by atoms with Crippen molar-refractivity contribution in [2.45, 2.75) is 33.0 Å². The first-order valence-corrected chi connectivity index (χ1v) is 8.71. The minimum absolute atomic E-state index is 0.171. The van der Waals surface area contributed by atoms with Crippen LogP contribution in [0.15, 0.2) is 36.7 Å². The number of methoxy groups -OCH3 is 1. The van der Waals surface area contributed by atoms with Crippen molar-refractivity contribution in [1.29, 1.82) is 0 Å². The molecule has 0 aliphatic carbocycles. The second-order valence-electron chi connectivity index (χ2n) is 6.72. The van der Waals surface area contributed by atoms with Gasteiger partial charge in [-0.3, -0.25) is 9.69 Å². The lowest BCUT2D eigenvalue weighted by Crippen LogP contribution is -2.49. The normalized spacial score (nSPS) is 15.8. The molecule has 1 saturated heterocycles. The zero-order chi connectivity index (χ0) is 17.8. The molecule has 0 unspecified atom stereocenters. The van der Waals surface area contributed by atoms with E-state index in [9.17, 15) is 4.79 Å². The molecule has 1 aliphatic rings. The molecule has 0 spiro atoms. The second kappa shape index (κ2) is 7.70. The summed E-state index contributed by atoms with van der Waals surface area (Å²) in [5, 5.41) is 0. The first-order valence-electron chi connectivity index (χ1n) is 8.71. The molecule has 1 amide bonds. The number of hydrogen-bond donors (Lipinski definition) is 0. The van der Waals surface area contributed by atoms with Gasteiger partial charge in [-0.2, -0.15) is 0 Å². The second-order valence-corrected chi connectivity index (χ2v) is 6.72. The van der Waals surface area contributed by atoms with Crippen LogP contribution >= 0.6 is 0 Å². The monoisotopic (exact) mass is 342 g/mol. The van der Waals surface area contributed by atoms with Crippen LogP contribution in [-0.2, 0) is 17.9 Å². The number of nitrogens with zero attached hydrogens (tertiary/aromatic N) is 4. The van der Waals surface area contributed by atoms with Gasteiger partial charge in [-0.05, 0) is 31.5 Å². The number of imidazole rings is 1. The number of carbonyl (C=O) groups excluding carboxylic acids is 1. The number of rotatable bonds is 6. The molecule has 0 saturated carbocycles. The third-order valence-electron chi connectivity index (χ3n) is 4.60. The van der Waals surface area contributed by atoms with E-state index in [-0.39, 0.29) is 5.91 Å². The molecule has 1 aromatic heterocycles. The van der Waals surface area contributed by atoms with E-state index < -0.39 is 0 Å². The molecule has 2 heterocycles. The molecule has 1 fully saturated rings. The first-order chi connectivity index (χ1) is 12.1. The summed E-state index contributed by atoms with van der Waals surface area (Å²) in [6, 6.07) is 8.27. The van der Waals surface area contributed by atoms with Crippen LogP contribution in [0, 0.1) is 0 Å². The maximum atomic E-state index is 12.5. The summed E-state index contributed by atoms with van der Waals surface area (Å²) in [4.78, 5) is 21.1. The van der Waals surface area contributed by atoms with Gasteiger partial charge in [0, 0.05) is 38.1 Å². The zero-order valence-electron chi connectivity index (χ0n) is 15.2. The lowest BCUT2D eigenvalue weighted by atomic mass is 10.2. The third-order valence-corrected chi connectivity index (χ3v) is 4.60. The van der Waals surface area contributed by atoms with Gasteiger partial charge < -0.3 is 14.2 Å². The minimum atomic E-state index is 0.171. The van der Waals surface area contributed by atoms with Gasteiger partial charge in [0.1, 0.15) is 11.6 Å². The average Bonchev–Trinajstić information content (AvgIpc) is 3.06. The molecule has 0 bridgehead atoms. The van der Waals surface area contributed by atoms with Gasteiger partial charge in [-0.25, -0.2) is 4.98 Å². The topological polar surface area (TPSA) is 50.6 Å². The molecule has 2 aromatic rings. The first kappa shape index (κ1) is 17.5. The molecule has 3 rings (SSSR count). The summed E-state index contributed by atoms with van der Waals surface area (Å²) in [5.74, 6) is 2.02. The molecule has 1 aliphatic heterocycles. The fourth-order valence-corrected chi connectivity index (χ4v) is 3.15. The molecule has 1 aromatic carbocycles. The van der Waals surface area contributed by atoms with E-state index in [2.05, 4.69) is 28.3 Å². The van der Waals surface area contributed by atoms with Crippen LogP contribution in [0.1, 0.15) is 31.3 Å². The fraction of sp³-hybridized carbons (Fsp3) is 0.474. The zero-order valence-corrected chi connectivity index (χ0v) is 15.2. The summed E-state index contributed by atoms with van der Waals surface area (Å²) < 4.78 is 7.34. The Kier molecular flexibility index (Phi) is 5.38. The Hall–Kier alpha value is -2.34. The van der Waals surface area contributed by atoms with Crippen LogP contribution in [0.2, 0.25) is 0 Å². The number of carbonyl (C=O) groups is 1. The van der Waals surface area contributed by atoms with Crippen LogP contribution < -0.4 is 4.74 Å². The van der Waals surface area contributed by atoms with E-state index in [1.54, 1.807) is 7.11 Å². The number of hydrogen-bond acceptors (Lipinski definition) is 4. The SMILES string of the molecule is COc1ccc(CN2CCN(Cc3nccn3C(C)C)CC2=O)cc1. The maximum absolute atomic E-state index is 12.5. The lowest BCUT2D eigenvalue weighted by molar-refractivity contribution is -0.136. The van der Waals surface area contributed by atoms with Gasteiger partial charge in [-0.1, -0.05) is 12.1 Å².